The summed E-state index contributed by atoms with van der Waals surface area (Å²) in [5.74, 6) is 0. The van der Waals surface area contributed by atoms with Crippen LogP contribution in [0.4, 0.5) is 0 Å². The lowest BCUT2D eigenvalue weighted by atomic mass is 10.4. The summed E-state index contributed by atoms with van der Waals surface area (Å²) in [5.41, 5.74) is 0. The Labute approximate surface area is 78.0 Å². The Morgan fingerprint density at radius 3 is 2.82 bits per heavy atom. The van der Waals surface area contributed by atoms with E-state index in [1.807, 2.05) is 0 Å². The van der Waals surface area contributed by atoms with Crippen LogP contribution in [0.5, 0.6) is 0 Å². The fraction of sp³-hybridized carbons (Fsp3) is 1.00. The van der Waals surface area contributed by atoms with Crippen molar-refractivity contribution < 1.29 is 0 Å². The first-order chi connectivity index (χ1) is 5.27. The maximum Gasteiger partial charge on any atom is 0.139 e. The van der Waals surface area contributed by atoms with E-state index in [9.17, 15) is 0 Å². The van der Waals surface area contributed by atoms with Gasteiger partial charge < -0.3 is 0 Å². The summed E-state index contributed by atoms with van der Waals surface area (Å²) in [6.45, 7) is 1.23. The quantitative estimate of drug-likeness (QED) is 0.492. The van der Waals surface area contributed by atoms with Crippen molar-refractivity contribution in [1.29, 1.82) is 0 Å². The molecule has 0 amide bonds. The van der Waals surface area contributed by atoms with Gasteiger partial charge in [0.2, 0.25) is 0 Å². The van der Waals surface area contributed by atoms with Gasteiger partial charge in [0.05, 0.1) is 0 Å². The second-order valence-corrected chi connectivity index (χ2v) is 17.6. The molecule has 0 bridgehead atoms. The van der Waals surface area contributed by atoms with Crippen molar-refractivity contribution in [3.8, 4) is 0 Å². The van der Waals surface area contributed by atoms with Crippen molar-refractivity contribution in [2.24, 2.45) is 0 Å². The molecule has 0 radical (unpaired) electrons. The SMILES string of the molecule is CCCC[Si]1(Cl)CCCC[SiH2]1. The zero-order valence-electron chi connectivity index (χ0n) is 7.53. The van der Waals surface area contributed by atoms with Gasteiger partial charge >= 0.3 is 0 Å². The van der Waals surface area contributed by atoms with Gasteiger partial charge in [-0.1, -0.05) is 38.7 Å². The number of rotatable bonds is 3. The topological polar surface area (TPSA) is 0 Å². The predicted octanol–water partition coefficient (Wildman–Crippen LogP) is 2.85. The third-order valence-electron chi connectivity index (χ3n) is 2.73. The van der Waals surface area contributed by atoms with Crippen molar-refractivity contribution in [2.45, 2.75) is 50.7 Å². The Bertz CT molecular complexity index is 111. The van der Waals surface area contributed by atoms with Crippen LogP contribution in [-0.4, -0.2) is 15.9 Å². The molecule has 11 heavy (non-hydrogen) atoms. The van der Waals surface area contributed by atoms with E-state index < -0.39 is 6.90 Å². The first kappa shape index (κ1) is 9.81. The molecule has 1 heterocycles. The van der Waals surface area contributed by atoms with E-state index in [-0.39, 0.29) is 9.04 Å². The Kier molecular flexibility index (Phi) is 4.17. The van der Waals surface area contributed by atoms with Crippen molar-refractivity contribution in [3.63, 3.8) is 0 Å². The Morgan fingerprint density at radius 1 is 1.45 bits per heavy atom. The standard InChI is InChI=1S/C8H19ClSi2/c1-2-3-7-11(9)8-5-4-6-10-11/h2-8,10H2,1H3. The Balaban J connectivity index is 2.25. The second-order valence-electron chi connectivity index (χ2n) is 3.82. The number of hydrogen-bond donors (Lipinski definition) is 0. The molecule has 3 heteroatoms. The van der Waals surface area contributed by atoms with Crippen LogP contribution in [0.1, 0.15) is 32.6 Å². The highest BCUT2D eigenvalue weighted by atomic mass is 35.6. The molecule has 1 rings (SSSR count). The van der Waals surface area contributed by atoms with Gasteiger partial charge in [-0.3, -0.25) is 0 Å². The molecule has 0 aromatic rings. The van der Waals surface area contributed by atoms with Gasteiger partial charge in [0.15, 0.2) is 0 Å². The van der Waals surface area contributed by atoms with Gasteiger partial charge in [-0.15, -0.1) is 0 Å². The number of unbranched alkanes of at least 4 members (excludes halogenated alkanes) is 1. The van der Waals surface area contributed by atoms with Gasteiger partial charge in [0, 0.05) is 9.04 Å². The molecule has 0 N–H and O–H groups in total. The minimum absolute atomic E-state index is 0.210. The number of halogens is 1. The lowest BCUT2D eigenvalue weighted by Crippen LogP contribution is -2.37. The zero-order valence-corrected chi connectivity index (χ0v) is 10.7. The normalized spacial score (nSPS) is 34.4. The Hall–Kier alpha value is 0.724. The monoisotopic (exact) mass is 206 g/mol. The van der Waals surface area contributed by atoms with E-state index in [0.29, 0.717) is 0 Å². The molecular formula is C8H19ClSi2. The lowest BCUT2D eigenvalue weighted by Gasteiger charge is -2.27. The maximum atomic E-state index is 6.65. The average molecular weight is 207 g/mol. The molecule has 1 aliphatic rings. The highest BCUT2D eigenvalue weighted by Crippen LogP contribution is 2.30. The largest absolute Gasteiger partial charge is 0.171 e. The smallest absolute Gasteiger partial charge is 0.139 e. The first-order valence-electron chi connectivity index (χ1n) is 4.96. The van der Waals surface area contributed by atoms with E-state index >= 15 is 0 Å². The van der Waals surface area contributed by atoms with Gasteiger partial charge in [0.1, 0.15) is 6.90 Å². The van der Waals surface area contributed by atoms with Crippen molar-refractivity contribution in [3.05, 3.63) is 0 Å². The molecule has 1 aliphatic heterocycles. The van der Waals surface area contributed by atoms with Crippen molar-refractivity contribution >= 4 is 27.0 Å². The van der Waals surface area contributed by atoms with Crippen molar-refractivity contribution in [2.75, 3.05) is 0 Å². The summed E-state index contributed by atoms with van der Waals surface area (Å²) in [6, 6.07) is 4.46. The molecule has 1 atom stereocenters. The van der Waals surface area contributed by atoms with Crippen LogP contribution >= 0.6 is 11.1 Å². The molecule has 1 saturated heterocycles. The fourth-order valence-corrected chi connectivity index (χ4v) is 13.4. The third-order valence-corrected chi connectivity index (χ3v) is 15.7. The summed E-state index contributed by atoms with van der Waals surface area (Å²) >= 11 is 6.65. The highest BCUT2D eigenvalue weighted by molar-refractivity contribution is 7.48. The zero-order chi connectivity index (χ0) is 8.16. The van der Waals surface area contributed by atoms with Crippen LogP contribution in [0, 0.1) is 0 Å². The minimum atomic E-state index is -1.05. The van der Waals surface area contributed by atoms with Gasteiger partial charge in [0.25, 0.3) is 0 Å². The van der Waals surface area contributed by atoms with Crippen LogP contribution in [0.2, 0.25) is 18.1 Å². The first-order valence-corrected chi connectivity index (χ1v) is 11.7. The summed E-state index contributed by atoms with van der Waals surface area (Å²) in [5, 5.41) is 0. The molecule has 0 aromatic carbocycles. The predicted molar refractivity (Wildman–Crippen MR) is 58.7 cm³/mol. The molecule has 66 valence electrons. The molecule has 0 aromatic heterocycles. The van der Waals surface area contributed by atoms with Crippen LogP contribution in [0.15, 0.2) is 0 Å². The van der Waals surface area contributed by atoms with Crippen molar-refractivity contribution in [1.82, 2.24) is 0 Å². The molecular weight excluding hydrogens is 188 g/mol. The molecule has 0 aliphatic carbocycles. The van der Waals surface area contributed by atoms with E-state index in [0.717, 1.165) is 0 Å². The van der Waals surface area contributed by atoms with Crippen LogP contribution < -0.4 is 0 Å². The molecule has 0 spiro atoms. The molecule has 1 unspecified atom stereocenters. The second kappa shape index (κ2) is 4.68. The van der Waals surface area contributed by atoms with Crippen LogP contribution in [-0.2, 0) is 0 Å². The third kappa shape index (κ3) is 3.30. The van der Waals surface area contributed by atoms with E-state index in [1.165, 1.54) is 37.8 Å². The Morgan fingerprint density at radius 2 is 2.27 bits per heavy atom. The van der Waals surface area contributed by atoms with Crippen LogP contribution in [0.3, 0.4) is 0 Å². The number of hydrogen-bond acceptors (Lipinski definition) is 0. The minimum Gasteiger partial charge on any atom is -0.171 e. The fourth-order valence-electron chi connectivity index (χ4n) is 1.93. The van der Waals surface area contributed by atoms with Gasteiger partial charge in [-0.2, -0.15) is 11.1 Å². The van der Waals surface area contributed by atoms with E-state index in [1.54, 1.807) is 6.04 Å². The maximum absolute atomic E-state index is 6.65. The molecule has 0 saturated carbocycles. The summed E-state index contributed by atoms with van der Waals surface area (Å²) < 4.78 is 0. The summed E-state index contributed by atoms with van der Waals surface area (Å²) in [4.78, 5) is 0. The molecule has 1 fully saturated rings. The van der Waals surface area contributed by atoms with E-state index in [2.05, 4.69) is 6.92 Å². The average Bonchev–Trinajstić information content (AvgIpc) is 2.03. The summed E-state index contributed by atoms with van der Waals surface area (Å²) in [6.07, 6.45) is 5.70. The van der Waals surface area contributed by atoms with E-state index in [4.69, 9.17) is 11.1 Å². The lowest BCUT2D eigenvalue weighted by molar-refractivity contribution is 0.829. The summed E-state index contributed by atoms with van der Waals surface area (Å²) in [7, 11) is 0.210. The molecule has 0 nitrogen and oxygen atoms in total. The highest BCUT2D eigenvalue weighted by Gasteiger charge is 2.31. The van der Waals surface area contributed by atoms with Crippen LogP contribution in [0.25, 0.3) is 0 Å². The van der Waals surface area contributed by atoms with Gasteiger partial charge in [-0.05, 0) is 12.1 Å². The van der Waals surface area contributed by atoms with Gasteiger partial charge in [-0.25, -0.2) is 0 Å².